The van der Waals surface area contributed by atoms with Gasteiger partial charge < -0.3 is 10.2 Å². The second-order valence-electron chi connectivity index (χ2n) is 6.60. The first-order valence-electron chi connectivity index (χ1n) is 9.07. The van der Waals surface area contributed by atoms with Crippen LogP contribution in [-0.4, -0.2) is 44.5 Å². The SMILES string of the molecule is Cc1ccc(/C=N\OCC(=O)Nc2ccc(S(=O)(=O)N3CCCC3)cc2)cc1. The van der Waals surface area contributed by atoms with E-state index in [-0.39, 0.29) is 17.4 Å². The van der Waals surface area contributed by atoms with E-state index >= 15 is 0 Å². The Morgan fingerprint density at radius 2 is 1.75 bits per heavy atom. The lowest BCUT2D eigenvalue weighted by molar-refractivity contribution is -0.120. The van der Waals surface area contributed by atoms with Gasteiger partial charge in [0.05, 0.1) is 11.1 Å². The predicted octanol–water partition coefficient (Wildman–Crippen LogP) is 2.77. The highest BCUT2D eigenvalue weighted by molar-refractivity contribution is 7.89. The molecule has 0 unspecified atom stereocenters. The summed E-state index contributed by atoms with van der Waals surface area (Å²) >= 11 is 0. The number of oxime groups is 1. The van der Waals surface area contributed by atoms with Crippen molar-refractivity contribution in [3.63, 3.8) is 0 Å². The van der Waals surface area contributed by atoms with Crippen LogP contribution in [0.15, 0.2) is 58.6 Å². The quantitative estimate of drug-likeness (QED) is 0.571. The van der Waals surface area contributed by atoms with Crippen molar-refractivity contribution in [1.29, 1.82) is 0 Å². The van der Waals surface area contributed by atoms with E-state index in [2.05, 4.69) is 10.5 Å². The molecule has 148 valence electrons. The molecular formula is C20H23N3O4S. The van der Waals surface area contributed by atoms with Gasteiger partial charge in [0, 0.05) is 18.8 Å². The minimum absolute atomic E-state index is 0.228. The number of carbonyl (C=O) groups excluding carboxylic acids is 1. The number of nitrogens with zero attached hydrogens (tertiary/aromatic N) is 2. The number of hydrogen-bond acceptors (Lipinski definition) is 5. The lowest BCUT2D eigenvalue weighted by Crippen LogP contribution is -2.27. The second-order valence-corrected chi connectivity index (χ2v) is 8.54. The monoisotopic (exact) mass is 401 g/mol. The highest BCUT2D eigenvalue weighted by atomic mass is 32.2. The van der Waals surface area contributed by atoms with E-state index in [4.69, 9.17) is 4.84 Å². The average molecular weight is 401 g/mol. The number of sulfonamides is 1. The number of aryl methyl sites for hydroxylation is 1. The van der Waals surface area contributed by atoms with Gasteiger partial charge in [0.15, 0.2) is 6.61 Å². The Morgan fingerprint density at radius 1 is 1.11 bits per heavy atom. The molecule has 3 rings (SSSR count). The fourth-order valence-corrected chi connectivity index (χ4v) is 4.35. The highest BCUT2D eigenvalue weighted by Crippen LogP contribution is 2.22. The zero-order chi connectivity index (χ0) is 20.0. The third-order valence-electron chi connectivity index (χ3n) is 4.39. The molecule has 0 saturated carbocycles. The Hall–Kier alpha value is -2.71. The van der Waals surface area contributed by atoms with Crippen LogP contribution >= 0.6 is 0 Å². The third kappa shape index (κ3) is 5.17. The van der Waals surface area contributed by atoms with Gasteiger partial charge in [0.1, 0.15) is 0 Å². The van der Waals surface area contributed by atoms with E-state index in [0.29, 0.717) is 18.8 Å². The predicted molar refractivity (Wildman–Crippen MR) is 108 cm³/mol. The van der Waals surface area contributed by atoms with Gasteiger partial charge in [-0.1, -0.05) is 35.0 Å². The van der Waals surface area contributed by atoms with E-state index in [1.165, 1.54) is 22.7 Å². The van der Waals surface area contributed by atoms with Gasteiger partial charge >= 0.3 is 0 Å². The molecule has 1 N–H and O–H groups in total. The van der Waals surface area contributed by atoms with E-state index in [0.717, 1.165) is 24.0 Å². The van der Waals surface area contributed by atoms with Gasteiger partial charge in [0.25, 0.3) is 5.91 Å². The molecular weight excluding hydrogens is 378 g/mol. The molecule has 0 aromatic heterocycles. The maximum absolute atomic E-state index is 12.5. The smallest absolute Gasteiger partial charge is 0.265 e. The number of amides is 1. The van der Waals surface area contributed by atoms with E-state index in [9.17, 15) is 13.2 Å². The average Bonchev–Trinajstić information content (AvgIpc) is 3.23. The van der Waals surface area contributed by atoms with Crippen LogP contribution in [0.4, 0.5) is 5.69 Å². The van der Waals surface area contributed by atoms with Crippen molar-refractivity contribution in [3.8, 4) is 0 Å². The number of carbonyl (C=O) groups is 1. The molecule has 1 amide bonds. The van der Waals surface area contributed by atoms with Crippen molar-refractivity contribution in [2.75, 3.05) is 25.0 Å². The van der Waals surface area contributed by atoms with E-state index < -0.39 is 10.0 Å². The number of benzene rings is 2. The fourth-order valence-electron chi connectivity index (χ4n) is 2.83. The lowest BCUT2D eigenvalue weighted by atomic mass is 10.2. The normalized spacial score (nSPS) is 15.0. The molecule has 0 aliphatic carbocycles. The largest absolute Gasteiger partial charge is 0.386 e. The van der Waals surface area contributed by atoms with Crippen LogP contribution in [-0.2, 0) is 19.7 Å². The van der Waals surface area contributed by atoms with Crippen LogP contribution in [0, 0.1) is 6.92 Å². The molecule has 2 aromatic carbocycles. The summed E-state index contributed by atoms with van der Waals surface area (Å²) in [5.41, 5.74) is 2.52. The molecule has 1 heterocycles. The Balaban J connectivity index is 1.49. The lowest BCUT2D eigenvalue weighted by Gasteiger charge is -2.15. The number of anilines is 1. The molecule has 0 radical (unpaired) electrons. The highest BCUT2D eigenvalue weighted by Gasteiger charge is 2.26. The van der Waals surface area contributed by atoms with Gasteiger partial charge in [-0.3, -0.25) is 4.79 Å². The first kappa shape index (κ1) is 20.0. The molecule has 0 spiro atoms. The van der Waals surface area contributed by atoms with Crippen molar-refractivity contribution in [2.24, 2.45) is 5.16 Å². The van der Waals surface area contributed by atoms with Crippen molar-refractivity contribution in [1.82, 2.24) is 4.31 Å². The van der Waals surface area contributed by atoms with Crippen LogP contribution < -0.4 is 5.32 Å². The molecule has 1 saturated heterocycles. The molecule has 1 aliphatic heterocycles. The van der Waals surface area contributed by atoms with E-state index in [1.807, 2.05) is 31.2 Å². The number of hydrogen-bond donors (Lipinski definition) is 1. The fraction of sp³-hybridized carbons (Fsp3) is 0.300. The Kier molecular flexibility index (Phi) is 6.43. The van der Waals surface area contributed by atoms with E-state index in [1.54, 1.807) is 12.1 Å². The molecule has 2 aromatic rings. The summed E-state index contributed by atoms with van der Waals surface area (Å²) in [6, 6.07) is 13.9. The molecule has 8 heteroatoms. The summed E-state index contributed by atoms with van der Waals surface area (Å²) in [7, 11) is -3.45. The number of rotatable bonds is 7. The third-order valence-corrected chi connectivity index (χ3v) is 6.30. The van der Waals surface area contributed by atoms with Crippen molar-refractivity contribution in [2.45, 2.75) is 24.7 Å². The Morgan fingerprint density at radius 3 is 2.39 bits per heavy atom. The van der Waals surface area contributed by atoms with Crippen molar-refractivity contribution in [3.05, 3.63) is 59.7 Å². The Bertz CT molecular complexity index is 932. The molecule has 7 nitrogen and oxygen atoms in total. The standard InChI is InChI=1S/C20H23N3O4S/c1-16-4-6-17(7-5-16)14-21-27-15-20(24)22-18-8-10-19(11-9-18)28(25,26)23-12-2-3-13-23/h4-11,14H,2-3,12-13,15H2,1H3,(H,22,24)/b21-14-. The molecule has 28 heavy (non-hydrogen) atoms. The van der Waals surface area contributed by atoms with Crippen molar-refractivity contribution < 1.29 is 18.0 Å². The zero-order valence-electron chi connectivity index (χ0n) is 15.7. The van der Waals surface area contributed by atoms with Crippen molar-refractivity contribution >= 4 is 27.8 Å². The minimum Gasteiger partial charge on any atom is -0.386 e. The summed E-state index contributed by atoms with van der Waals surface area (Å²) in [6.45, 7) is 2.87. The molecule has 1 aliphatic rings. The number of nitrogens with one attached hydrogen (secondary N) is 1. The first-order valence-corrected chi connectivity index (χ1v) is 10.5. The molecule has 0 bridgehead atoms. The van der Waals surface area contributed by atoms with Gasteiger partial charge in [-0.25, -0.2) is 8.42 Å². The maximum Gasteiger partial charge on any atom is 0.265 e. The van der Waals surface area contributed by atoms with Crippen LogP contribution in [0.2, 0.25) is 0 Å². The van der Waals surface area contributed by atoms with Gasteiger partial charge in [-0.2, -0.15) is 4.31 Å². The summed E-state index contributed by atoms with van der Waals surface area (Å²) < 4.78 is 26.4. The zero-order valence-corrected chi connectivity index (χ0v) is 16.5. The van der Waals surface area contributed by atoms with Gasteiger partial charge in [0.2, 0.25) is 10.0 Å². The summed E-state index contributed by atoms with van der Waals surface area (Å²) in [4.78, 5) is 17.2. The minimum atomic E-state index is -3.45. The maximum atomic E-state index is 12.5. The van der Waals surface area contributed by atoms with Gasteiger partial charge in [-0.15, -0.1) is 0 Å². The first-order chi connectivity index (χ1) is 13.4. The summed E-state index contributed by atoms with van der Waals surface area (Å²) in [5, 5.41) is 6.42. The molecule has 0 atom stereocenters. The van der Waals surface area contributed by atoms with Crippen LogP contribution in [0.3, 0.4) is 0 Å². The second kappa shape index (κ2) is 8.99. The topological polar surface area (TPSA) is 88.1 Å². The van der Waals surface area contributed by atoms with Crippen LogP contribution in [0.1, 0.15) is 24.0 Å². The van der Waals surface area contributed by atoms with Crippen LogP contribution in [0.25, 0.3) is 0 Å². The summed E-state index contributed by atoms with van der Waals surface area (Å²) in [6.07, 6.45) is 3.31. The molecule has 1 fully saturated rings. The summed E-state index contributed by atoms with van der Waals surface area (Å²) in [5.74, 6) is -0.379. The van der Waals surface area contributed by atoms with Gasteiger partial charge in [-0.05, 0) is 49.6 Å². The van der Waals surface area contributed by atoms with Crippen LogP contribution in [0.5, 0.6) is 0 Å². The Labute approximate surface area is 165 Å².